The maximum Gasteiger partial charge on any atom is 0.121 e. The lowest BCUT2D eigenvalue weighted by Crippen LogP contribution is -2.25. The van der Waals surface area contributed by atoms with Gasteiger partial charge in [-0.25, -0.2) is 0 Å². The van der Waals surface area contributed by atoms with Gasteiger partial charge < -0.3 is 15.2 Å². The molecule has 1 aromatic rings. The standard InChI is InChI=1S/C12H17NO2/c13-10-4-3-6-11(8-10)15-9-12-5-1-2-7-14-12/h3-4,6,8,12H,1-2,5,7,9,13H2. The molecule has 1 aromatic carbocycles. The highest BCUT2D eigenvalue weighted by Crippen LogP contribution is 2.17. The smallest absolute Gasteiger partial charge is 0.121 e. The molecule has 3 nitrogen and oxygen atoms in total. The zero-order chi connectivity index (χ0) is 10.5. The number of rotatable bonds is 3. The van der Waals surface area contributed by atoms with Crippen LogP contribution in [0.15, 0.2) is 24.3 Å². The molecule has 1 heterocycles. The Hall–Kier alpha value is -1.22. The molecule has 82 valence electrons. The summed E-state index contributed by atoms with van der Waals surface area (Å²) in [5.41, 5.74) is 6.39. The van der Waals surface area contributed by atoms with Gasteiger partial charge >= 0.3 is 0 Å². The fourth-order valence-electron chi connectivity index (χ4n) is 1.73. The van der Waals surface area contributed by atoms with E-state index in [1.54, 1.807) is 0 Å². The maximum atomic E-state index is 5.66. The average Bonchev–Trinajstić information content (AvgIpc) is 2.28. The largest absolute Gasteiger partial charge is 0.491 e. The highest BCUT2D eigenvalue weighted by Gasteiger charge is 2.14. The minimum atomic E-state index is 0.250. The van der Waals surface area contributed by atoms with E-state index in [-0.39, 0.29) is 6.10 Å². The van der Waals surface area contributed by atoms with Crippen molar-refractivity contribution >= 4 is 5.69 Å². The Labute approximate surface area is 90.2 Å². The third-order valence-corrected chi connectivity index (χ3v) is 2.57. The van der Waals surface area contributed by atoms with Gasteiger partial charge in [-0.2, -0.15) is 0 Å². The minimum Gasteiger partial charge on any atom is -0.491 e. The molecule has 3 heteroatoms. The van der Waals surface area contributed by atoms with Crippen LogP contribution < -0.4 is 10.5 Å². The van der Waals surface area contributed by atoms with Crippen LogP contribution >= 0.6 is 0 Å². The van der Waals surface area contributed by atoms with Gasteiger partial charge in [0.15, 0.2) is 0 Å². The Kier molecular flexibility index (Phi) is 3.45. The summed E-state index contributed by atoms with van der Waals surface area (Å²) in [5, 5.41) is 0. The Morgan fingerprint density at radius 2 is 2.33 bits per heavy atom. The minimum absolute atomic E-state index is 0.250. The Balaban J connectivity index is 1.81. The molecule has 0 aromatic heterocycles. The van der Waals surface area contributed by atoms with Crippen LogP contribution in [0.5, 0.6) is 5.75 Å². The van der Waals surface area contributed by atoms with Gasteiger partial charge in [0.25, 0.3) is 0 Å². The van der Waals surface area contributed by atoms with Crippen LogP contribution in [-0.4, -0.2) is 19.3 Å². The van der Waals surface area contributed by atoms with E-state index in [0.29, 0.717) is 6.61 Å². The number of ether oxygens (including phenoxy) is 2. The highest BCUT2D eigenvalue weighted by atomic mass is 16.5. The van der Waals surface area contributed by atoms with Crippen molar-refractivity contribution in [1.82, 2.24) is 0 Å². The van der Waals surface area contributed by atoms with E-state index in [2.05, 4.69) is 0 Å². The van der Waals surface area contributed by atoms with Crippen LogP contribution in [-0.2, 0) is 4.74 Å². The summed E-state index contributed by atoms with van der Waals surface area (Å²) in [6.45, 7) is 1.49. The molecular weight excluding hydrogens is 190 g/mol. The molecule has 1 atom stereocenters. The summed E-state index contributed by atoms with van der Waals surface area (Å²) in [6.07, 6.45) is 3.77. The van der Waals surface area contributed by atoms with E-state index in [1.807, 2.05) is 24.3 Å². The van der Waals surface area contributed by atoms with Crippen LogP contribution in [0.2, 0.25) is 0 Å². The van der Waals surface area contributed by atoms with E-state index in [9.17, 15) is 0 Å². The lowest BCUT2D eigenvalue weighted by atomic mass is 10.1. The van der Waals surface area contributed by atoms with E-state index < -0.39 is 0 Å². The quantitative estimate of drug-likeness (QED) is 0.773. The van der Waals surface area contributed by atoms with E-state index in [0.717, 1.165) is 24.5 Å². The summed E-state index contributed by atoms with van der Waals surface area (Å²) in [4.78, 5) is 0. The molecule has 1 unspecified atom stereocenters. The predicted octanol–water partition coefficient (Wildman–Crippen LogP) is 2.22. The number of anilines is 1. The van der Waals surface area contributed by atoms with Gasteiger partial charge in [0, 0.05) is 18.4 Å². The van der Waals surface area contributed by atoms with Crippen molar-refractivity contribution < 1.29 is 9.47 Å². The van der Waals surface area contributed by atoms with E-state index in [4.69, 9.17) is 15.2 Å². The van der Waals surface area contributed by atoms with Crippen molar-refractivity contribution in [2.45, 2.75) is 25.4 Å². The second-order valence-corrected chi connectivity index (χ2v) is 3.87. The molecule has 15 heavy (non-hydrogen) atoms. The number of hydrogen-bond donors (Lipinski definition) is 1. The van der Waals surface area contributed by atoms with Crippen LogP contribution in [0.25, 0.3) is 0 Å². The second kappa shape index (κ2) is 5.03. The molecule has 1 saturated heterocycles. The fraction of sp³-hybridized carbons (Fsp3) is 0.500. The molecule has 1 fully saturated rings. The first-order valence-electron chi connectivity index (χ1n) is 5.44. The van der Waals surface area contributed by atoms with Crippen molar-refractivity contribution in [3.63, 3.8) is 0 Å². The first-order valence-corrected chi connectivity index (χ1v) is 5.44. The zero-order valence-corrected chi connectivity index (χ0v) is 8.82. The summed E-state index contributed by atoms with van der Waals surface area (Å²) >= 11 is 0. The summed E-state index contributed by atoms with van der Waals surface area (Å²) < 4.78 is 11.2. The molecule has 2 rings (SSSR count). The number of nitrogen functional groups attached to an aromatic ring is 1. The van der Waals surface area contributed by atoms with Gasteiger partial charge in [0.05, 0.1) is 6.10 Å². The third kappa shape index (κ3) is 3.13. The predicted molar refractivity (Wildman–Crippen MR) is 59.9 cm³/mol. The molecule has 0 saturated carbocycles. The summed E-state index contributed by atoms with van der Waals surface area (Å²) in [5.74, 6) is 0.823. The lowest BCUT2D eigenvalue weighted by molar-refractivity contribution is -0.0110. The highest BCUT2D eigenvalue weighted by molar-refractivity contribution is 5.43. The topological polar surface area (TPSA) is 44.5 Å². The Morgan fingerprint density at radius 3 is 3.07 bits per heavy atom. The van der Waals surface area contributed by atoms with Gasteiger partial charge in [-0.05, 0) is 31.4 Å². The first-order chi connectivity index (χ1) is 7.34. The Bertz CT molecular complexity index is 308. The maximum absolute atomic E-state index is 5.66. The van der Waals surface area contributed by atoms with Crippen molar-refractivity contribution in [1.29, 1.82) is 0 Å². The van der Waals surface area contributed by atoms with Crippen molar-refractivity contribution in [2.75, 3.05) is 18.9 Å². The number of nitrogens with two attached hydrogens (primary N) is 1. The molecule has 0 radical (unpaired) electrons. The third-order valence-electron chi connectivity index (χ3n) is 2.57. The molecule has 2 N–H and O–H groups in total. The zero-order valence-electron chi connectivity index (χ0n) is 8.82. The number of benzene rings is 1. The summed E-state index contributed by atoms with van der Waals surface area (Å²) in [6, 6.07) is 7.50. The molecule has 1 aliphatic rings. The van der Waals surface area contributed by atoms with Gasteiger partial charge in [0.2, 0.25) is 0 Å². The number of hydrogen-bond acceptors (Lipinski definition) is 3. The van der Waals surface area contributed by atoms with E-state index >= 15 is 0 Å². The van der Waals surface area contributed by atoms with Gasteiger partial charge in [0.1, 0.15) is 12.4 Å². The van der Waals surface area contributed by atoms with Gasteiger partial charge in [-0.15, -0.1) is 0 Å². The summed E-state index contributed by atoms with van der Waals surface area (Å²) in [7, 11) is 0. The second-order valence-electron chi connectivity index (χ2n) is 3.87. The SMILES string of the molecule is Nc1cccc(OCC2CCCCO2)c1. The molecular formula is C12H17NO2. The first kappa shape index (κ1) is 10.3. The van der Waals surface area contributed by atoms with Crippen LogP contribution in [0.4, 0.5) is 5.69 Å². The molecule has 0 spiro atoms. The van der Waals surface area contributed by atoms with Crippen molar-refractivity contribution in [3.05, 3.63) is 24.3 Å². The lowest BCUT2D eigenvalue weighted by Gasteiger charge is -2.22. The van der Waals surface area contributed by atoms with Crippen molar-refractivity contribution in [3.8, 4) is 5.75 Å². The van der Waals surface area contributed by atoms with Gasteiger partial charge in [-0.1, -0.05) is 6.07 Å². The van der Waals surface area contributed by atoms with Crippen LogP contribution in [0.3, 0.4) is 0 Å². The average molecular weight is 207 g/mol. The molecule has 0 aliphatic carbocycles. The Morgan fingerprint density at radius 1 is 1.40 bits per heavy atom. The monoisotopic (exact) mass is 207 g/mol. The molecule has 0 bridgehead atoms. The van der Waals surface area contributed by atoms with Crippen LogP contribution in [0.1, 0.15) is 19.3 Å². The van der Waals surface area contributed by atoms with Crippen molar-refractivity contribution in [2.24, 2.45) is 0 Å². The normalized spacial score (nSPS) is 21.2. The van der Waals surface area contributed by atoms with E-state index in [1.165, 1.54) is 12.8 Å². The molecule has 0 amide bonds. The fourth-order valence-corrected chi connectivity index (χ4v) is 1.73. The molecule has 1 aliphatic heterocycles. The van der Waals surface area contributed by atoms with Gasteiger partial charge in [-0.3, -0.25) is 0 Å². The van der Waals surface area contributed by atoms with Crippen LogP contribution in [0, 0.1) is 0 Å².